The first kappa shape index (κ1) is 34.0. The first-order chi connectivity index (χ1) is 22.8. The molecule has 5 rings (SSSR count). The number of unbranched alkanes of at least 4 members (excludes halogenated alkanes) is 1. The Morgan fingerprint density at radius 3 is 2.28 bits per heavy atom. The fraction of sp³-hybridized carbons (Fsp3) is 0.500. The van der Waals surface area contributed by atoms with Crippen LogP contribution in [-0.2, 0) is 4.79 Å². The molecule has 2 heterocycles. The molecule has 252 valence electrons. The van der Waals surface area contributed by atoms with Crippen molar-refractivity contribution in [3.05, 3.63) is 78.5 Å². The summed E-state index contributed by atoms with van der Waals surface area (Å²) < 4.78 is 6.24. The van der Waals surface area contributed by atoms with Crippen LogP contribution >= 0.6 is 0 Å². The minimum Gasteiger partial charge on any atom is -0.477 e. The van der Waals surface area contributed by atoms with E-state index in [-0.39, 0.29) is 19.2 Å². The molecule has 11 heteroatoms. The third kappa shape index (κ3) is 8.71. The SMILES string of the molecule is CCCC[C@@H](C(O)C(=O)N[C@H](C)c1ccccc1)N(CC1(COc2ccnc(N3CCN(c4ccccc4)CC3)n2)CCC1)C(=O)O. The molecular formula is C36H48N6O5. The molecule has 1 saturated carbocycles. The fourth-order valence-corrected chi connectivity index (χ4v) is 6.50. The number of carbonyl (C=O) groups excluding carboxylic acids is 1. The number of hydrogen-bond donors (Lipinski definition) is 3. The Bertz CT molecular complexity index is 1430. The van der Waals surface area contributed by atoms with E-state index in [1.807, 2.05) is 62.4 Å². The number of aromatic nitrogens is 2. The van der Waals surface area contributed by atoms with Crippen molar-refractivity contribution < 1.29 is 24.5 Å². The van der Waals surface area contributed by atoms with Crippen LogP contribution in [0, 0.1) is 5.41 Å². The Morgan fingerprint density at radius 2 is 1.66 bits per heavy atom. The van der Waals surface area contributed by atoms with E-state index in [1.54, 1.807) is 12.3 Å². The Balaban J connectivity index is 1.22. The molecule has 3 N–H and O–H groups in total. The van der Waals surface area contributed by atoms with E-state index < -0.39 is 29.6 Å². The molecule has 1 aliphatic heterocycles. The molecule has 2 aliphatic rings. The molecular weight excluding hydrogens is 596 g/mol. The number of nitrogens with zero attached hydrogens (tertiary/aromatic N) is 5. The third-order valence-corrected chi connectivity index (χ3v) is 9.54. The van der Waals surface area contributed by atoms with E-state index in [0.717, 1.165) is 57.4 Å². The summed E-state index contributed by atoms with van der Waals surface area (Å²) in [4.78, 5) is 40.9. The first-order valence-corrected chi connectivity index (χ1v) is 16.8. The maximum absolute atomic E-state index is 13.2. The van der Waals surface area contributed by atoms with Gasteiger partial charge in [-0.3, -0.25) is 4.79 Å². The lowest BCUT2D eigenvalue weighted by Crippen LogP contribution is -2.57. The lowest BCUT2D eigenvalue weighted by Gasteiger charge is -2.46. The number of carbonyl (C=O) groups is 2. The lowest BCUT2D eigenvalue weighted by molar-refractivity contribution is -0.134. The highest BCUT2D eigenvalue weighted by molar-refractivity contribution is 5.82. The van der Waals surface area contributed by atoms with Crippen LogP contribution in [-0.4, -0.2) is 88.6 Å². The summed E-state index contributed by atoms with van der Waals surface area (Å²) in [6.45, 7) is 7.59. The van der Waals surface area contributed by atoms with Crippen molar-refractivity contribution in [2.45, 2.75) is 70.6 Å². The van der Waals surface area contributed by atoms with Crippen LogP contribution in [0.25, 0.3) is 0 Å². The van der Waals surface area contributed by atoms with Gasteiger partial charge < -0.3 is 35.0 Å². The highest BCUT2D eigenvalue weighted by Gasteiger charge is 2.44. The molecule has 3 aromatic rings. The molecule has 11 nitrogen and oxygen atoms in total. The minimum absolute atomic E-state index is 0.161. The number of carboxylic acid groups (broad SMARTS) is 1. The zero-order valence-corrected chi connectivity index (χ0v) is 27.5. The van der Waals surface area contributed by atoms with Crippen molar-refractivity contribution in [1.29, 1.82) is 0 Å². The van der Waals surface area contributed by atoms with E-state index in [0.29, 0.717) is 24.7 Å². The van der Waals surface area contributed by atoms with Crippen LogP contribution in [0.2, 0.25) is 0 Å². The van der Waals surface area contributed by atoms with Crippen molar-refractivity contribution in [2.24, 2.45) is 5.41 Å². The first-order valence-electron chi connectivity index (χ1n) is 16.8. The van der Waals surface area contributed by atoms with Gasteiger partial charge in [-0.15, -0.1) is 0 Å². The molecule has 1 aromatic heterocycles. The van der Waals surface area contributed by atoms with Crippen molar-refractivity contribution in [2.75, 3.05) is 49.1 Å². The van der Waals surface area contributed by atoms with Gasteiger partial charge in [0.15, 0.2) is 6.10 Å². The number of ether oxygens (including phenoxy) is 1. The lowest BCUT2D eigenvalue weighted by atomic mass is 9.68. The molecule has 1 unspecified atom stereocenters. The summed E-state index contributed by atoms with van der Waals surface area (Å²) in [6.07, 6.45) is 3.42. The summed E-state index contributed by atoms with van der Waals surface area (Å²) in [5.41, 5.74) is 1.67. The van der Waals surface area contributed by atoms with E-state index in [2.05, 4.69) is 32.2 Å². The predicted molar refractivity (Wildman–Crippen MR) is 182 cm³/mol. The number of anilines is 2. The molecule has 47 heavy (non-hydrogen) atoms. The molecule has 1 aliphatic carbocycles. The normalized spacial score (nSPS) is 17.6. The van der Waals surface area contributed by atoms with Crippen molar-refractivity contribution >= 4 is 23.6 Å². The zero-order valence-electron chi connectivity index (χ0n) is 27.5. The van der Waals surface area contributed by atoms with Crippen LogP contribution in [0.5, 0.6) is 5.88 Å². The standard InChI is InChI=1S/C36H48N6O5/c1-3-4-16-30(32(43)33(44)38-27(2)28-12-7-5-8-13-28)42(35(45)46)25-36(18-11-19-36)26-47-31-17-20-37-34(39-31)41-23-21-40(22-24-41)29-14-9-6-10-15-29/h5-10,12-15,17,20,27,30,32,43H,3-4,11,16,18-19,21-26H2,1-2H3,(H,38,44)(H,45,46)/t27-,30+,32?/m1/s1. The Kier molecular flexibility index (Phi) is 11.5. The Hall–Kier alpha value is -4.38. The average Bonchev–Trinajstić information content (AvgIpc) is 3.09. The second-order valence-electron chi connectivity index (χ2n) is 12.9. The van der Waals surface area contributed by atoms with Gasteiger partial charge in [0.25, 0.3) is 5.91 Å². The van der Waals surface area contributed by atoms with Gasteiger partial charge in [-0.1, -0.05) is 74.7 Å². The smallest absolute Gasteiger partial charge is 0.407 e. The number of aliphatic hydroxyl groups excluding tert-OH is 1. The Morgan fingerprint density at radius 1 is 1.00 bits per heavy atom. The second-order valence-corrected chi connectivity index (χ2v) is 12.9. The quantitative estimate of drug-likeness (QED) is 0.206. The summed E-state index contributed by atoms with van der Waals surface area (Å²) in [5, 5.41) is 24.5. The van der Waals surface area contributed by atoms with Crippen LogP contribution in [0.15, 0.2) is 72.9 Å². The molecule has 0 radical (unpaired) electrons. The number of hydrogen-bond acceptors (Lipinski definition) is 8. The molecule has 2 amide bonds. The van der Waals surface area contributed by atoms with Gasteiger partial charge in [0, 0.05) is 56.1 Å². The zero-order chi connectivity index (χ0) is 33.2. The maximum Gasteiger partial charge on any atom is 0.407 e. The molecule has 1 saturated heterocycles. The number of nitrogens with one attached hydrogen (secondary N) is 1. The predicted octanol–water partition coefficient (Wildman–Crippen LogP) is 5.13. The molecule has 3 atom stereocenters. The van der Waals surface area contributed by atoms with Crippen LogP contribution in [0.3, 0.4) is 0 Å². The molecule has 0 bridgehead atoms. The van der Waals surface area contributed by atoms with E-state index in [1.165, 1.54) is 10.6 Å². The van der Waals surface area contributed by atoms with E-state index >= 15 is 0 Å². The molecule has 2 aromatic carbocycles. The van der Waals surface area contributed by atoms with Crippen LogP contribution < -0.4 is 19.9 Å². The van der Waals surface area contributed by atoms with Crippen molar-refractivity contribution in [1.82, 2.24) is 20.2 Å². The summed E-state index contributed by atoms with van der Waals surface area (Å²) in [6, 6.07) is 20.4. The summed E-state index contributed by atoms with van der Waals surface area (Å²) in [7, 11) is 0. The van der Waals surface area contributed by atoms with Crippen molar-refractivity contribution in [3.63, 3.8) is 0 Å². The monoisotopic (exact) mass is 644 g/mol. The van der Waals surface area contributed by atoms with Crippen LogP contribution in [0.1, 0.15) is 64.0 Å². The van der Waals surface area contributed by atoms with Gasteiger partial charge in [-0.05, 0) is 43.9 Å². The fourth-order valence-electron chi connectivity index (χ4n) is 6.50. The highest BCUT2D eigenvalue weighted by atomic mass is 16.5. The highest BCUT2D eigenvalue weighted by Crippen LogP contribution is 2.43. The number of benzene rings is 2. The second kappa shape index (κ2) is 15.9. The van der Waals surface area contributed by atoms with Gasteiger partial charge >= 0.3 is 6.09 Å². The van der Waals surface area contributed by atoms with E-state index in [4.69, 9.17) is 9.72 Å². The summed E-state index contributed by atoms with van der Waals surface area (Å²) in [5.74, 6) is 0.486. The number of aliphatic hydroxyl groups is 1. The minimum atomic E-state index is -1.51. The molecule has 0 spiro atoms. The van der Waals surface area contributed by atoms with Crippen LogP contribution in [0.4, 0.5) is 16.4 Å². The van der Waals surface area contributed by atoms with Crippen molar-refractivity contribution in [3.8, 4) is 5.88 Å². The topological polar surface area (TPSA) is 131 Å². The van der Waals surface area contributed by atoms with Gasteiger partial charge in [-0.25, -0.2) is 9.78 Å². The van der Waals surface area contributed by atoms with Gasteiger partial charge in [0.1, 0.15) is 0 Å². The third-order valence-electron chi connectivity index (χ3n) is 9.54. The largest absolute Gasteiger partial charge is 0.477 e. The summed E-state index contributed by atoms with van der Waals surface area (Å²) >= 11 is 0. The number of piperazine rings is 1. The van der Waals surface area contributed by atoms with Gasteiger partial charge in [0.2, 0.25) is 11.8 Å². The maximum atomic E-state index is 13.2. The number of para-hydroxylation sites is 1. The number of amides is 2. The van der Waals surface area contributed by atoms with Gasteiger partial charge in [-0.2, -0.15) is 4.98 Å². The van der Waals surface area contributed by atoms with Gasteiger partial charge in [0.05, 0.1) is 18.7 Å². The van der Waals surface area contributed by atoms with E-state index in [9.17, 15) is 19.8 Å². The number of rotatable bonds is 15. The Labute approximate surface area is 277 Å². The average molecular weight is 645 g/mol. The molecule has 2 fully saturated rings.